The van der Waals surface area contributed by atoms with Crippen molar-refractivity contribution in [1.29, 1.82) is 0 Å². The van der Waals surface area contributed by atoms with Gasteiger partial charge in [-0.15, -0.1) is 4.40 Å². The Kier molecular flexibility index (Phi) is 5.52. The van der Waals surface area contributed by atoms with Crippen LogP contribution in [0.15, 0.2) is 62.7 Å². The first kappa shape index (κ1) is 19.0. The number of hydrogen-bond acceptors (Lipinski definition) is 6. The number of amidine groups is 1. The van der Waals surface area contributed by atoms with E-state index in [0.717, 1.165) is 11.8 Å². The van der Waals surface area contributed by atoms with Crippen LogP contribution in [-0.2, 0) is 14.8 Å². The van der Waals surface area contributed by atoms with Crippen molar-refractivity contribution in [3.8, 4) is 11.5 Å². The molecule has 0 spiro atoms. The number of amides is 1. The molecule has 2 aromatic rings. The normalized spacial score (nSPS) is 17.2. The zero-order valence-corrected chi connectivity index (χ0v) is 16.1. The van der Waals surface area contributed by atoms with E-state index in [1.54, 1.807) is 42.5 Å². The summed E-state index contributed by atoms with van der Waals surface area (Å²) in [7, 11) is -0.842. The highest BCUT2D eigenvalue weighted by molar-refractivity contribution is 8.19. The number of methoxy groups -OCH3 is 2. The molecule has 7 nitrogen and oxygen atoms in total. The molecule has 3 rings (SSSR count). The quantitative estimate of drug-likeness (QED) is 0.770. The van der Waals surface area contributed by atoms with Crippen molar-refractivity contribution in [2.75, 3.05) is 14.2 Å². The van der Waals surface area contributed by atoms with Crippen LogP contribution in [0.3, 0.4) is 0 Å². The third-order valence-corrected chi connectivity index (χ3v) is 5.92. The largest absolute Gasteiger partial charge is 0.493 e. The van der Waals surface area contributed by atoms with Gasteiger partial charge in [-0.25, -0.2) is 0 Å². The lowest BCUT2D eigenvalue weighted by Crippen LogP contribution is -2.20. The van der Waals surface area contributed by atoms with E-state index < -0.39 is 15.9 Å². The van der Waals surface area contributed by atoms with Gasteiger partial charge in [-0.3, -0.25) is 10.1 Å². The Labute approximate surface area is 161 Å². The Bertz CT molecular complexity index is 1030. The third-order valence-electron chi connectivity index (χ3n) is 3.60. The van der Waals surface area contributed by atoms with Gasteiger partial charge < -0.3 is 9.47 Å². The molecular formula is C18H16N2O5S2. The van der Waals surface area contributed by atoms with Gasteiger partial charge in [0.05, 0.1) is 24.0 Å². The highest BCUT2D eigenvalue weighted by atomic mass is 32.2. The number of thioether (sulfide) groups is 1. The Hall–Kier alpha value is -2.78. The van der Waals surface area contributed by atoms with Crippen LogP contribution in [0.2, 0.25) is 0 Å². The Balaban J connectivity index is 1.86. The zero-order valence-electron chi connectivity index (χ0n) is 14.5. The van der Waals surface area contributed by atoms with Crippen LogP contribution in [-0.4, -0.2) is 33.7 Å². The minimum Gasteiger partial charge on any atom is -0.493 e. The first-order valence-corrected chi connectivity index (χ1v) is 10.0. The first-order valence-electron chi connectivity index (χ1n) is 7.76. The predicted octanol–water partition coefficient (Wildman–Crippen LogP) is 2.65. The van der Waals surface area contributed by atoms with Crippen molar-refractivity contribution in [2.24, 2.45) is 4.40 Å². The summed E-state index contributed by atoms with van der Waals surface area (Å²) in [4.78, 5) is 12.5. The second-order valence-corrected chi connectivity index (χ2v) is 8.00. The number of benzene rings is 2. The highest BCUT2D eigenvalue weighted by Gasteiger charge is 2.26. The van der Waals surface area contributed by atoms with Crippen LogP contribution in [0.5, 0.6) is 11.5 Å². The summed E-state index contributed by atoms with van der Waals surface area (Å²) in [5.41, 5.74) is 0.706. The molecule has 1 saturated heterocycles. The third kappa shape index (κ3) is 4.32. The van der Waals surface area contributed by atoms with Gasteiger partial charge in [-0.2, -0.15) is 8.42 Å². The van der Waals surface area contributed by atoms with Gasteiger partial charge in [-0.05, 0) is 47.7 Å². The molecule has 1 heterocycles. The molecule has 1 N–H and O–H groups in total. The Morgan fingerprint density at radius 3 is 2.41 bits per heavy atom. The predicted molar refractivity (Wildman–Crippen MR) is 104 cm³/mol. The number of carbonyl (C=O) groups is 1. The number of nitrogens with zero attached hydrogens (tertiary/aromatic N) is 1. The molecule has 0 aliphatic carbocycles. The molecule has 1 aliphatic rings. The molecule has 1 aliphatic heterocycles. The van der Waals surface area contributed by atoms with E-state index in [2.05, 4.69) is 9.71 Å². The van der Waals surface area contributed by atoms with Crippen LogP contribution in [0, 0.1) is 0 Å². The van der Waals surface area contributed by atoms with Crippen molar-refractivity contribution in [1.82, 2.24) is 5.32 Å². The van der Waals surface area contributed by atoms with Crippen LogP contribution in [0.1, 0.15) is 5.56 Å². The molecule has 1 amide bonds. The molecule has 0 atom stereocenters. The lowest BCUT2D eigenvalue weighted by Gasteiger charge is -2.07. The van der Waals surface area contributed by atoms with Crippen molar-refractivity contribution in [3.63, 3.8) is 0 Å². The lowest BCUT2D eigenvalue weighted by molar-refractivity contribution is -0.115. The van der Waals surface area contributed by atoms with E-state index >= 15 is 0 Å². The van der Waals surface area contributed by atoms with E-state index in [1.165, 1.54) is 26.4 Å². The van der Waals surface area contributed by atoms with Crippen molar-refractivity contribution in [2.45, 2.75) is 4.90 Å². The molecule has 0 aromatic heterocycles. The van der Waals surface area contributed by atoms with Gasteiger partial charge >= 0.3 is 0 Å². The summed E-state index contributed by atoms with van der Waals surface area (Å²) in [6.45, 7) is 0. The minimum atomic E-state index is -3.89. The topological polar surface area (TPSA) is 94.1 Å². The Morgan fingerprint density at radius 1 is 1.04 bits per heavy atom. The summed E-state index contributed by atoms with van der Waals surface area (Å²) in [6.07, 6.45) is 1.62. The van der Waals surface area contributed by atoms with E-state index in [9.17, 15) is 13.2 Å². The monoisotopic (exact) mass is 404 g/mol. The lowest BCUT2D eigenvalue weighted by atomic mass is 10.2. The fourth-order valence-electron chi connectivity index (χ4n) is 2.32. The fourth-order valence-corrected chi connectivity index (χ4v) is 4.32. The van der Waals surface area contributed by atoms with E-state index in [-0.39, 0.29) is 10.1 Å². The van der Waals surface area contributed by atoms with Crippen LogP contribution < -0.4 is 14.8 Å². The molecule has 0 saturated carbocycles. The fraction of sp³-hybridized carbons (Fsp3) is 0.111. The van der Waals surface area contributed by atoms with Crippen molar-refractivity contribution in [3.05, 3.63) is 59.0 Å². The Morgan fingerprint density at radius 2 is 1.74 bits per heavy atom. The number of hydrogen-bond donors (Lipinski definition) is 1. The van der Waals surface area contributed by atoms with Crippen LogP contribution >= 0.6 is 11.8 Å². The van der Waals surface area contributed by atoms with E-state index in [1.807, 2.05) is 0 Å². The number of carbonyl (C=O) groups excluding carboxylic acids is 1. The SMILES string of the molecule is COc1ccc(/C=C2\S/C(=N/S(=O)(=O)c3ccccc3)NC2=O)cc1OC. The van der Waals surface area contributed by atoms with Gasteiger partial charge in [0.2, 0.25) is 0 Å². The molecular weight excluding hydrogens is 388 g/mol. The van der Waals surface area contributed by atoms with E-state index in [0.29, 0.717) is 22.0 Å². The van der Waals surface area contributed by atoms with E-state index in [4.69, 9.17) is 9.47 Å². The summed E-state index contributed by atoms with van der Waals surface area (Å²) < 4.78 is 38.8. The van der Waals surface area contributed by atoms with Gasteiger partial charge in [0.15, 0.2) is 16.7 Å². The molecule has 0 unspecified atom stereocenters. The van der Waals surface area contributed by atoms with Crippen molar-refractivity contribution >= 4 is 38.9 Å². The first-order chi connectivity index (χ1) is 12.9. The van der Waals surface area contributed by atoms with Crippen molar-refractivity contribution < 1.29 is 22.7 Å². The second kappa shape index (κ2) is 7.85. The van der Waals surface area contributed by atoms with Crippen LogP contribution in [0.25, 0.3) is 6.08 Å². The van der Waals surface area contributed by atoms with Gasteiger partial charge in [0, 0.05) is 0 Å². The number of nitrogens with one attached hydrogen (secondary N) is 1. The molecule has 1 fully saturated rings. The maximum absolute atomic E-state index is 12.3. The molecule has 2 aromatic carbocycles. The average molecular weight is 404 g/mol. The molecule has 0 bridgehead atoms. The summed E-state index contributed by atoms with van der Waals surface area (Å²) in [5, 5.41) is 2.48. The smallest absolute Gasteiger partial charge is 0.284 e. The summed E-state index contributed by atoms with van der Waals surface area (Å²) in [6, 6.07) is 13.0. The average Bonchev–Trinajstić information content (AvgIpc) is 3.00. The van der Waals surface area contributed by atoms with Gasteiger partial charge in [0.1, 0.15) is 0 Å². The molecule has 27 heavy (non-hydrogen) atoms. The zero-order chi connectivity index (χ0) is 19.4. The summed E-state index contributed by atoms with van der Waals surface area (Å²) in [5.74, 6) is 0.673. The maximum atomic E-state index is 12.3. The van der Waals surface area contributed by atoms with Gasteiger partial charge in [0.25, 0.3) is 15.9 Å². The number of rotatable bonds is 5. The minimum absolute atomic E-state index is 0.00980. The highest BCUT2D eigenvalue weighted by Crippen LogP contribution is 2.31. The summed E-state index contributed by atoms with van der Waals surface area (Å²) >= 11 is 0.958. The molecule has 0 radical (unpaired) electrons. The molecule has 9 heteroatoms. The second-order valence-electron chi connectivity index (χ2n) is 5.36. The number of ether oxygens (including phenoxy) is 2. The maximum Gasteiger partial charge on any atom is 0.284 e. The number of sulfonamides is 1. The molecule has 140 valence electrons. The van der Waals surface area contributed by atoms with Crippen LogP contribution in [0.4, 0.5) is 0 Å². The standard InChI is InChI=1S/C18H16N2O5S2/c1-24-14-9-8-12(10-15(14)25-2)11-16-17(21)19-18(26-16)20-27(22,23)13-6-4-3-5-7-13/h3-11H,1-2H3,(H,19,20,21)/b16-11-. The van der Waals surface area contributed by atoms with Gasteiger partial charge in [-0.1, -0.05) is 24.3 Å².